The van der Waals surface area contributed by atoms with Gasteiger partial charge < -0.3 is 0 Å². The van der Waals surface area contributed by atoms with Crippen LogP contribution in [0.5, 0.6) is 0 Å². The Morgan fingerprint density at radius 1 is 0.947 bits per heavy atom. The zero-order chi connectivity index (χ0) is 14.0. The molecule has 2 aromatic rings. The summed E-state index contributed by atoms with van der Waals surface area (Å²) in [5.41, 5.74) is 3.36. The van der Waals surface area contributed by atoms with Crippen molar-refractivity contribution < 1.29 is 13.2 Å². The molecule has 0 saturated carbocycles. The molecule has 0 bridgehead atoms. The average Bonchev–Trinajstić information content (AvgIpc) is 2.33. The highest BCUT2D eigenvalue weighted by molar-refractivity contribution is 9.10. The molecule has 0 heterocycles. The first-order chi connectivity index (χ1) is 9.01. The standard InChI is InChI=1S/C13H10BrF3N2/c14-11-5-7(1-2-12(11)17)13(19-18)8-3-9(15)6-10(16)4-8/h1-6,13,19H,18H2. The number of rotatable bonds is 3. The normalized spacial score (nSPS) is 12.5. The van der Waals surface area contributed by atoms with Crippen molar-refractivity contribution in [3.05, 3.63) is 69.4 Å². The smallest absolute Gasteiger partial charge is 0.137 e. The SMILES string of the molecule is NNC(c1cc(F)cc(F)c1)c1ccc(F)c(Br)c1. The molecule has 19 heavy (non-hydrogen) atoms. The summed E-state index contributed by atoms with van der Waals surface area (Å²) >= 11 is 3.05. The van der Waals surface area contributed by atoms with Gasteiger partial charge in [0.05, 0.1) is 10.5 Å². The molecule has 2 rings (SSSR count). The van der Waals surface area contributed by atoms with Crippen LogP contribution < -0.4 is 11.3 Å². The Morgan fingerprint density at radius 2 is 1.58 bits per heavy atom. The Kier molecular flexibility index (Phi) is 4.24. The van der Waals surface area contributed by atoms with Crippen LogP contribution in [0.1, 0.15) is 17.2 Å². The lowest BCUT2D eigenvalue weighted by Gasteiger charge is -2.17. The summed E-state index contributed by atoms with van der Waals surface area (Å²) in [6.45, 7) is 0. The Morgan fingerprint density at radius 3 is 2.11 bits per heavy atom. The highest BCUT2D eigenvalue weighted by Gasteiger charge is 2.15. The van der Waals surface area contributed by atoms with Crippen LogP contribution in [0.2, 0.25) is 0 Å². The molecule has 3 N–H and O–H groups in total. The van der Waals surface area contributed by atoms with Crippen molar-refractivity contribution in [3.63, 3.8) is 0 Å². The summed E-state index contributed by atoms with van der Waals surface area (Å²) in [7, 11) is 0. The third kappa shape index (κ3) is 3.15. The number of hydrogen-bond acceptors (Lipinski definition) is 2. The fraction of sp³-hybridized carbons (Fsp3) is 0.0769. The zero-order valence-corrected chi connectivity index (χ0v) is 11.2. The van der Waals surface area contributed by atoms with Crippen LogP contribution in [-0.2, 0) is 0 Å². The Labute approximate surface area is 116 Å². The third-order valence-electron chi connectivity index (χ3n) is 2.66. The van der Waals surface area contributed by atoms with Crippen LogP contribution in [0.15, 0.2) is 40.9 Å². The first-order valence-electron chi connectivity index (χ1n) is 5.38. The maximum atomic E-state index is 13.2. The Bertz CT molecular complexity index is 584. The molecule has 0 radical (unpaired) electrons. The first kappa shape index (κ1) is 14.0. The van der Waals surface area contributed by atoms with Crippen molar-refractivity contribution in [2.24, 2.45) is 5.84 Å². The number of hydrogen-bond donors (Lipinski definition) is 2. The molecule has 0 aliphatic rings. The van der Waals surface area contributed by atoms with Crippen LogP contribution in [0, 0.1) is 17.5 Å². The van der Waals surface area contributed by atoms with Gasteiger partial charge in [0.25, 0.3) is 0 Å². The maximum absolute atomic E-state index is 13.2. The quantitative estimate of drug-likeness (QED) is 0.668. The highest BCUT2D eigenvalue weighted by atomic mass is 79.9. The number of benzene rings is 2. The van der Waals surface area contributed by atoms with Gasteiger partial charge in [-0.05, 0) is 51.3 Å². The van der Waals surface area contributed by atoms with E-state index in [2.05, 4.69) is 21.4 Å². The van der Waals surface area contributed by atoms with Crippen molar-refractivity contribution >= 4 is 15.9 Å². The van der Waals surface area contributed by atoms with Crippen LogP contribution in [-0.4, -0.2) is 0 Å². The minimum absolute atomic E-state index is 0.252. The lowest BCUT2D eigenvalue weighted by atomic mass is 9.99. The van der Waals surface area contributed by atoms with Gasteiger partial charge >= 0.3 is 0 Å². The van der Waals surface area contributed by atoms with E-state index in [1.807, 2.05) is 0 Å². The van der Waals surface area contributed by atoms with Crippen molar-refractivity contribution in [3.8, 4) is 0 Å². The van der Waals surface area contributed by atoms with Gasteiger partial charge in [-0.15, -0.1) is 0 Å². The molecular weight excluding hydrogens is 321 g/mol. The van der Waals surface area contributed by atoms with Crippen molar-refractivity contribution in [1.82, 2.24) is 5.43 Å². The third-order valence-corrected chi connectivity index (χ3v) is 3.27. The van der Waals surface area contributed by atoms with Gasteiger partial charge in [-0.1, -0.05) is 6.07 Å². The molecule has 0 spiro atoms. The molecule has 0 aromatic heterocycles. The van der Waals surface area contributed by atoms with E-state index in [1.54, 1.807) is 0 Å². The second kappa shape index (κ2) is 5.73. The predicted octanol–water partition coefficient (Wildman–Crippen LogP) is 3.42. The molecule has 2 nitrogen and oxygen atoms in total. The summed E-state index contributed by atoms with van der Waals surface area (Å²) in [6.07, 6.45) is 0. The number of halogens is 4. The Balaban J connectivity index is 2.46. The molecule has 0 fully saturated rings. The molecule has 0 aliphatic heterocycles. The molecule has 1 atom stereocenters. The van der Waals surface area contributed by atoms with Crippen LogP contribution in [0.25, 0.3) is 0 Å². The van der Waals surface area contributed by atoms with Gasteiger partial charge in [0.2, 0.25) is 0 Å². The van der Waals surface area contributed by atoms with Gasteiger partial charge in [0.15, 0.2) is 0 Å². The molecule has 2 aromatic carbocycles. The molecule has 1 unspecified atom stereocenters. The summed E-state index contributed by atoms with van der Waals surface area (Å²) in [6, 6.07) is 6.73. The van der Waals surface area contributed by atoms with E-state index in [9.17, 15) is 13.2 Å². The van der Waals surface area contributed by atoms with Gasteiger partial charge in [0.1, 0.15) is 17.5 Å². The maximum Gasteiger partial charge on any atom is 0.137 e. The second-order valence-electron chi connectivity index (χ2n) is 3.98. The van der Waals surface area contributed by atoms with Crippen molar-refractivity contribution in [2.45, 2.75) is 6.04 Å². The van der Waals surface area contributed by atoms with Gasteiger partial charge in [-0.3, -0.25) is 5.84 Å². The number of nitrogens with two attached hydrogens (primary N) is 1. The molecule has 0 amide bonds. The topological polar surface area (TPSA) is 38.0 Å². The van der Waals surface area contributed by atoms with Crippen molar-refractivity contribution in [1.29, 1.82) is 0 Å². The predicted molar refractivity (Wildman–Crippen MR) is 69.6 cm³/mol. The number of nitrogens with one attached hydrogen (secondary N) is 1. The van der Waals surface area contributed by atoms with E-state index >= 15 is 0 Å². The lowest BCUT2D eigenvalue weighted by molar-refractivity contribution is 0.565. The van der Waals surface area contributed by atoms with E-state index in [0.29, 0.717) is 11.1 Å². The van der Waals surface area contributed by atoms with Gasteiger partial charge in [-0.25, -0.2) is 18.6 Å². The second-order valence-corrected chi connectivity index (χ2v) is 4.83. The Hall–Kier alpha value is -1.37. The monoisotopic (exact) mass is 330 g/mol. The largest absolute Gasteiger partial charge is 0.271 e. The van der Waals surface area contributed by atoms with E-state index in [0.717, 1.165) is 6.07 Å². The molecule has 0 aliphatic carbocycles. The van der Waals surface area contributed by atoms with Gasteiger partial charge in [-0.2, -0.15) is 0 Å². The average molecular weight is 331 g/mol. The highest BCUT2D eigenvalue weighted by Crippen LogP contribution is 2.26. The minimum atomic E-state index is -0.698. The summed E-state index contributed by atoms with van der Waals surface area (Å²) in [5.74, 6) is 3.60. The molecule has 0 saturated heterocycles. The summed E-state index contributed by atoms with van der Waals surface area (Å²) in [4.78, 5) is 0. The first-order valence-corrected chi connectivity index (χ1v) is 6.17. The van der Waals surface area contributed by atoms with Crippen molar-refractivity contribution in [2.75, 3.05) is 0 Å². The fourth-order valence-corrected chi connectivity index (χ4v) is 2.22. The molecule has 6 heteroatoms. The van der Waals surface area contributed by atoms with Crippen LogP contribution in [0.3, 0.4) is 0 Å². The molecular formula is C13H10BrF3N2. The zero-order valence-electron chi connectivity index (χ0n) is 9.63. The summed E-state index contributed by atoms with van der Waals surface area (Å²) < 4.78 is 39.8. The van der Waals surface area contributed by atoms with E-state index < -0.39 is 23.5 Å². The molecule has 100 valence electrons. The van der Waals surface area contributed by atoms with E-state index in [-0.39, 0.29) is 4.47 Å². The van der Waals surface area contributed by atoms with Gasteiger partial charge in [0, 0.05) is 6.07 Å². The number of hydrazine groups is 1. The lowest BCUT2D eigenvalue weighted by Crippen LogP contribution is -2.29. The van der Waals surface area contributed by atoms with E-state index in [4.69, 9.17) is 5.84 Å². The fourth-order valence-electron chi connectivity index (χ4n) is 1.82. The minimum Gasteiger partial charge on any atom is -0.271 e. The summed E-state index contributed by atoms with van der Waals surface area (Å²) in [5, 5.41) is 0. The van der Waals surface area contributed by atoms with E-state index in [1.165, 1.54) is 30.3 Å². The van der Waals surface area contributed by atoms with Crippen LogP contribution in [0.4, 0.5) is 13.2 Å². The van der Waals surface area contributed by atoms with Crippen LogP contribution >= 0.6 is 15.9 Å².